The minimum absolute atomic E-state index is 0.0950. The number of benzene rings is 1. The van der Waals surface area contributed by atoms with Crippen molar-refractivity contribution in [2.24, 2.45) is 0 Å². The number of hydrogen-bond acceptors (Lipinski definition) is 3. The maximum absolute atomic E-state index is 12.8. The zero-order valence-electron chi connectivity index (χ0n) is 9.65. The first kappa shape index (κ1) is 13.1. The van der Waals surface area contributed by atoms with Gasteiger partial charge in [-0.2, -0.15) is 18.3 Å². The van der Waals surface area contributed by atoms with Gasteiger partial charge < -0.3 is 0 Å². The number of nitrogens with zero attached hydrogens (tertiary/aromatic N) is 2. The Morgan fingerprint density at radius 1 is 1.26 bits per heavy atom. The first-order valence-corrected chi connectivity index (χ1v) is 5.17. The second-order valence-corrected chi connectivity index (χ2v) is 3.87. The summed E-state index contributed by atoms with van der Waals surface area (Å²) in [7, 11) is 0. The lowest BCUT2D eigenvalue weighted by Crippen LogP contribution is -2.07. The average Bonchev–Trinajstić information content (AvgIpc) is 2.71. The number of aromatic amines is 1. The molecule has 0 amide bonds. The second-order valence-electron chi connectivity index (χ2n) is 3.87. The molecule has 1 N–H and O–H groups in total. The van der Waals surface area contributed by atoms with Gasteiger partial charge in [-0.25, -0.2) is 0 Å². The minimum Gasteiger partial charge on any atom is -0.282 e. The lowest BCUT2D eigenvalue weighted by Gasteiger charge is -2.07. The molecule has 100 valence electrons. The first-order chi connectivity index (χ1) is 8.80. The van der Waals surface area contributed by atoms with Gasteiger partial charge in [-0.3, -0.25) is 15.2 Å². The van der Waals surface area contributed by atoms with Crippen molar-refractivity contribution in [3.63, 3.8) is 0 Å². The highest BCUT2D eigenvalue weighted by Gasteiger charge is 2.37. The third-order valence-corrected chi connectivity index (χ3v) is 2.58. The van der Waals surface area contributed by atoms with Crippen molar-refractivity contribution in [1.29, 1.82) is 0 Å². The summed E-state index contributed by atoms with van der Waals surface area (Å²) in [5.74, 6) is 0. The van der Waals surface area contributed by atoms with Gasteiger partial charge in [0, 0.05) is 23.4 Å². The van der Waals surface area contributed by atoms with Gasteiger partial charge in [-0.15, -0.1) is 0 Å². The Bertz CT molecular complexity index is 617. The molecule has 0 radical (unpaired) electrons. The van der Waals surface area contributed by atoms with Crippen LogP contribution < -0.4 is 0 Å². The Morgan fingerprint density at radius 3 is 2.32 bits per heavy atom. The smallest absolute Gasteiger partial charge is 0.282 e. The Balaban J connectivity index is 2.53. The van der Waals surface area contributed by atoms with Crippen LogP contribution in [0.3, 0.4) is 0 Å². The van der Waals surface area contributed by atoms with Crippen molar-refractivity contribution in [2.75, 3.05) is 0 Å². The Hall–Kier alpha value is -2.38. The van der Waals surface area contributed by atoms with Crippen LogP contribution in [0.2, 0.25) is 0 Å². The van der Waals surface area contributed by atoms with E-state index in [-0.39, 0.29) is 22.5 Å². The molecule has 1 aromatic carbocycles. The molecule has 5 nitrogen and oxygen atoms in total. The maximum atomic E-state index is 12.8. The van der Waals surface area contributed by atoms with Crippen molar-refractivity contribution in [1.82, 2.24) is 10.2 Å². The molecule has 0 unspecified atom stereocenters. The summed E-state index contributed by atoms with van der Waals surface area (Å²) in [5.41, 5.74) is -0.829. The van der Waals surface area contributed by atoms with Crippen LogP contribution in [0, 0.1) is 17.0 Å². The number of H-pyrrole nitrogens is 1. The highest BCUT2D eigenvalue weighted by Crippen LogP contribution is 2.37. The zero-order valence-corrected chi connectivity index (χ0v) is 9.65. The van der Waals surface area contributed by atoms with Crippen LogP contribution in [-0.4, -0.2) is 15.1 Å². The molecule has 0 saturated carbocycles. The summed E-state index contributed by atoms with van der Waals surface area (Å²) in [6.45, 7) is 1.46. The Labute approximate surface area is 105 Å². The van der Waals surface area contributed by atoms with Crippen LogP contribution >= 0.6 is 0 Å². The number of non-ortho nitro benzene ring substituents is 1. The van der Waals surface area contributed by atoms with Gasteiger partial charge >= 0.3 is 6.18 Å². The van der Waals surface area contributed by atoms with Crippen LogP contribution in [0.1, 0.15) is 11.4 Å². The number of halogens is 3. The van der Waals surface area contributed by atoms with E-state index in [2.05, 4.69) is 10.2 Å². The van der Waals surface area contributed by atoms with Gasteiger partial charge in [0.05, 0.1) is 4.92 Å². The molecule has 19 heavy (non-hydrogen) atoms. The maximum Gasteiger partial charge on any atom is 0.435 e. The Morgan fingerprint density at radius 2 is 1.84 bits per heavy atom. The van der Waals surface area contributed by atoms with Gasteiger partial charge in [-0.1, -0.05) is 0 Å². The summed E-state index contributed by atoms with van der Waals surface area (Å²) in [5, 5.41) is 16.0. The van der Waals surface area contributed by atoms with E-state index in [0.29, 0.717) is 0 Å². The molecule has 1 aromatic heterocycles. The van der Waals surface area contributed by atoms with Crippen LogP contribution in [0.25, 0.3) is 11.1 Å². The minimum atomic E-state index is -4.58. The highest BCUT2D eigenvalue weighted by molar-refractivity contribution is 5.70. The van der Waals surface area contributed by atoms with Crippen molar-refractivity contribution < 1.29 is 18.1 Å². The molecule has 2 rings (SSSR count). The van der Waals surface area contributed by atoms with Crippen molar-refractivity contribution in [2.45, 2.75) is 13.1 Å². The number of nitro groups is 1. The molecule has 0 fully saturated rings. The predicted molar refractivity (Wildman–Crippen MR) is 60.4 cm³/mol. The van der Waals surface area contributed by atoms with E-state index in [1.807, 2.05) is 0 Å². The number of nitro benzene ring substituents is 1. The number of aromatic nitrogens is 2. The molecule has 0 spiro atoms. The first-order valence-electron chi connectivity index (χ1n) is 5.17. The standard InChI is InChI=1S/C11H8F3N3O2/c1-6-9(10(16-15-6)11(12,13)14)7-2-4-8(5-3-7)17(18)19/h2-5H,1H3,(H,15,16). The predicted octanol–water partition coefficient (Wildman–Crippen LogP) is 3.31. The number of rotatable bonds is 2. The van der Waals surface area contributed by atoms with E-state index in [9.17, 15) is 23.3 Å². The fourth-order valence-corrected chi connectivity index (χ4v) is 1.74. The summed E-state index contributed by atoms with van der Waals surface area (Å²) in [6.07, 6.45) is -4.58. The molecule has 1 heterocycles. The van der Waals surface area contributed by atoms with E-state index in [1.165, 1.54) is 19.1 Å². The van der Waals surface area contributed by atoms with E-state index >= 15 is 0 Å². The molecule has 0 aliphatic rings. The molecule has 0 saturated heterocycles. The van der Waals surface area contributed by atoms with Gasteiger partial charge in [0.2, 0.25) is 0 Å². The second kappa shape index (κ2) is 4.38. The number of alkyl halides is 3. The molecule has 0 atom stereocenters. The largest absolute Gasteiger partial charge is 0.435 e. The van der Waals surface area contributed by atoms with E-state index in [1.54, 1.807) is 0 Å². The highest BCUT2D eigenvalue weighted by atomic mass is 19.4. The lowest BCUT2D eigenvalue weighted by atomic mass is 10.0. The van der Waals surface area contributed by atoms with Gasteiger partial charge in [-0.05, 0) is 24.6 Å². The summed E-state index contributed by atoms with van der Waals surface area (Å²) >= 11 is 0. The average molecular weight is 271 g/mol. The summed E-state index contributed by atoms with van der Waals surface area (Å²) in [4.78, 5) is 9.88. The summed E-state index contributed by atoms with van der Waals surface area (Å²) < 4.78 is 38.3. The quantitative estimate of drug-likeness (QED) is 0.672. The fourth-order valence-electron chi connectivity index (χ4n) is 1.74. The third-order valence-electron chi connectivity index (χ3n) is 2.58. The van der Waals surface area contributed by atoms with Gasteiger partial charge in [0.15, 0.2) is 5.69 Å². The van der Waals surface area contributed by atoms with E-state index in [0.717, 1.165) is 12.1 Å². The fraction of sp³-hybridized carbons (Fsp3) is 0.182. The van der Waals surface area contributed by atoms with Crippen LogP contribution in [0.4, 0.5) is 18.9 Å². The molecular formula is C11H8F3N3O2. The summed E-state index contributed by atoms with van der Waals surface area (Å²) in [6, 6.07) is 4.85. The zero-order chi connectivity index (χ0) is 14.2. The van der Waals surface area contributed by atoms with E-state index in [4.69, 9.17) is 0 Å². The Kier molecular flexibility index (Phi) is 3.01. The normalized spacial score (nSPS) is 11.6. The van der Waals surface area contributed by atoms with Crippen molar-refractivity contribution in [3.8, 4) is 11.1 Å². The topological polar surface area (TPSA) is 71.8 Å². The van der Waals surface area contributed by atoms with Crippen LogP contribution in [0.5, 0.6) is 0 Å². The van der Waals surface area contributed by atoms with Gasteiger partial charge in [0.1, 0.15) is 0 Å². The lowest BCUT2D eigenvalue weighted by molar-refractivity contribution is -0.384. The molecule has 0 aliphatic carbocycles. The molecule has 0 aliphatic heterocycles. The van der Waals surface area contributed by atoms with Crippen LogP contribution in [0.15, 0.2) is 24.3 Å². The molecular weight excluding hydrogens is 263 g/mol. The van der Waals surface area contributed by atoms with Crippen molar-refractivity contribution in [3.05, 3.63) is 45.8 Å². The number of aryl methyl sites for hydroxylation is 1. The molecule has 2 aromatic rings. The molecule has 8 heteroatoms. The molecule has 0 bridgehead atoms. The SMILES string of the molecule is Cc1[nH]nc(C(F)(F)F)c1-c1ccc([N+](=O)[O-])cc1. The van der Waals surface area contributed by atoms with Crippen molar-refractivity contribution >= 4 is 5.69 Å². The number of hydrogen-bond donors (Lipinski definition) is 1. The monoisotopic (exact) mass is 271 g/mol. The number of nitrogens with one attached hydrogen (secondary N) is 1. The third kappa shape index (κ3) is 2.42. The van der Waals surface area contributed by atoms with Crippen LogP contribution in [-0.2, 0) is 6.18 Å². The van der Waals surface area contributed by atoms with Gasteiger partial charge in [0.25, 0.3) is 5.69 Å². The van der Waals surface area contributed by atoms with E-state index < -0.39 is 16.8 Å².